The Balaban J connectivity index is 2.01. The molecule has 0 saturated carbocycles. The predicted octanol–water partition coefficient (Wildman–Crippen LogP) is 0.914. The van der Waals surface area contributed by atoms with Crippen LogP contribution in [0.5, 0.6) is 0 Å². The number of fused-ring (bicyclic) bond motifs is 1. The summed E-state index contributed by atoms with van der Waals surface area (Å²) in [7, 11) is 1.44. The fraction of sp³-hybridized carbons (Fsp3) is 0.385. The summed E-state index contributed by atoms with van der Waals surface area (Å²) in [4.78, 5) is 35.8. The highest BCUT2D eigenvalue weighted by Crippen LogP contribution is 2.29. The smallest absolute Gasteiger partial charge is 0.326 e. The number of carboxylic acids is 1. The second kappa shape index (κ2) is 6.09. The molecule has 1 aliphatic heterocycles. The normalized spacial score (nSPS) is 20.5. The zero-order valence-electron chi connectivity index (χ0n) is 12.4. The van der Waals surface area contributed by atoms with Crippen molar-refractivity contribution in [2.75, 3.05) is 13.7 Å². The van der Waals surface area contributed by atoms with Crippen LogP contribution in [-0.4, -0.2) is 61.4 Å². The van der Waals surface area contributed by atoms with Crippen LogP contribution in [-0.2, 0) is 9.53 Å². The van der Waals surface area contributed by atoms with E-state index in [9.17, 15) is 24.8 Å². The van der Waals surface area contributed by atoms with Gasteiger partial charge in [0.15, 0.2) is 5.52 Å². The molecule has 3 rings (SSSR count). The van der Waals surface area contributed by atoms with Crippen molar-refractivity contribution in [1.29, 1.82) is 0 Å². The van der Waals surface area contributed by atoms with E-state index in [0.29, 0.717) is 0 Å². The molecule has 11 heteroatoms. The summed E-state index contributed by atoms with van der Waals surface area (Å²) in [6.45, 7) is 0.105. The molecule has 0 spiro atoms. The van der Waals surface area contributed by atoms with Crippen LogP contribution in [0.15, 0.2) is 12.1 Å². The molecular weight excluding hydrogens is 340 g/mol. The molecule has 1 aromatic heterocycles. The first-order valence-electron chi connectivity index (χ1n) is 6.89. The minimum absolute atomic E-state index is 0.00454. The van der Waals surface area contributed by atoms with Gasteiger partial charge in [-0.15, -0.1) is 0 Å². The number of hydrogen-bond acceptors (Lipinski definition) is 8. The fourth-order valence-electron chi connectivity index (χ4n) is 2.73. The standard InChI is InChI=1S/C13H12N4O6S/c1-23-7-4-10(13(19)20)16(5-7)12(18)6-2-8-11(15-24-14-8)9(3-6)17(21)22/h2-3,7,10H,4-5H2,1H3,(H,19,20). The number of carbonyl (C=O) groups is 2. The molecule has 1 aromatic carbocycles. The molecule has 0 aliphatic carbocycles. The highest BCUT2D eigenvalue weighted by Gasteiger charge is 2.40. The van der Waals surface area contributed by atoms with Crippen LogP contribution < -0.4 is 0 Å². The number of aliphatic carboxylic acids is 1. The molecule has 24 heavy (non-hydrogen) atoms. The molecule has 2 aromatic rings. The molecule has 10 nitrogen and oxygen atoms in total. The van der Waals surface area contributed by atoms with Crippen molar-refractivity contribution < 1.29 is 24.4 Å². The molecule has 2 unspecified atom stereocenters. The third-order valence-electron chi connectivity index (χ3n) is 3.93. The van der Waals surface area contributed by atoms with E-state index in [1.807, 2.05) is 0 Å². The number of ether oxygens (including phenoxy) is 1. The maximum atomic E-state index is 12.7. The number of likely N-dealkylation sites (tertiary alicyclic amines) is 1. The van der Waals surface area contributed by atoms with Crippen molar-refractivity contribution >= 4 is 40.3 Å². The van der Waals surface area contributed by atoms with Gasteiger partial charge in [0.25, 0.3) is 11.6 Å². The van der Waals surface area contributed by atoms with Gasteiger partial charge in [0.05, 0.1) is 22.8 Å². The summed E-state index contributed by atoms with van der Waals surface area (Å²) in [5, 5.41) is 20.5. The Morgan fingerprint density at radius 2 is 2.21 bits per heavy atom. The van der Waals surface area contributed by atoms with Crippen LogP contribution in [0, 0.1) is 10.1 Å². The summed E-state index contributed by atoms with van der Waals surface area (Å²) in [5.41, 5.74) is 0.00306. The molecule has 2 atom stereocenters. The van der Waals surface area contributed by atoms with Gasteiger partial charge < -0.3 is 14.7 Å². The van der Waals surface area contributed by atoms with Crippen molar-refractivity contribution in [3.05, 3.63) is 27.8 Å². The number of amides is 1. The van der Waals surface area contributed by atoms with Crippen LogP contribution in [0.1, 0.15) is 16.8 Å². The number of nitro groups is 1. The van der Waals surface area contributed by atoms with Gasteiger partial charge in [-0.25, -0.2) is 4.79 Å². The largest absolute Gasteiger partial charge is 0.480 e. The molecule has 0 bridgehead atoms. The van der Waals surface area contributed by atoms with Crippen LogP contribution in [0.3, 0.4) is 0 Å². The Labute approximate surface area is 139 Å². The Morgan fingerprint density at radius 3 is 2.83 bits per heavy atom. The molecular formula is C13H12N4O6S. The highest BCUT2D eigenvalue weighted by molar-refractivity contribution is 7.00. The number of hydrogen-bond donors (Lipinski definition) is 1. The average molecular weight is 352 g/mol. The zero-order valence-corrected chi connectivity index (χ0v) is 13.2. The Kier molecular flexibility index (Phi) is 4.11. The lowest BCUT2D eigenvalue weighted by Gasteiger charge is -2.21. The van der Waals surface area contributed by atoms with Crippen molar-refractivity contribution in [3.8, 4) is 0 Å². The van der Waals surface area contributed by atoms with Crippen LogP contribution in [0.25, 0.3) is 11.0 Å². The number of methoxy groups -OCH3 is 1. The van der Waals surface area contributed by atoms with Crippen LogP contribution in [0.2, 0.25) is 0 Å². The summed E-state index contributed by atoms with van der Waals surface area (Å²) in [5.74, 6) is -1.76. The number of carboxylic acid groups (broad SMARTS) is 1. The van der Waals surface area contributed by atoms with Crippen LogP contribution >= 0.6 is 11.7 Å². The lowest BCUT2D eigenvalue weighted by Crippen LogP contribution is -2.40. The van der Waals surface area contributed by atoms with Gasteiger partial charge in [-0.2, -0.15) is 8.75 Å². The molecule has 1 saturated heterocycles. The highest BCUT2D eigenvalue weighted by atomic mass is 32.1. The van der Waals surface area contributed by atoms with E-state index in [-0.39, 0.29) is 35.2 Å². The molecule has 0 radical (unpaired) electrons. The molecule has 126 valence electrons. The topological polar surface area (TPSA) is 136 Å². The molecule has 2 heterocycles. The van der Waals surface area contributed by atoms with Gasteiger partial charge in [-0.3, -0.25) is 14.9 Å². The van der Waals surface area contributed by atoms with Gasteiger partial charge in [-0.1, -0.05) is 0 Å². The molecule has 1 amide bonds. The summed E-state index contributed by atoms with van der Waals surface area (Å²) >= 11 is 0.803. The number of carbonyl (C=O) groups excluding carboxylic acids is 1. The zero-order chi connectivity index (χ0) is 17.4. The third-order valence-corrected chi connectivity index (χ3v) is 4.47. The first-order chi connectivity index (χ1) is 11.4. The second-order valence-corrected chi connectivity index (χ2v) is 5.82. The van der Waals surface area contributed by atoms with E-state index in [0.717, 1.165) is 22.7 Å². The second-order valence-electron chi connectivity index (χ2n) is 5.29. The number of rotatable bonds is 4. The third kappa shape index (κ3) is 2.67. The van der Waals surface area contributed by atoms with E-state index in [2.05, 4.69) is 8.75 Å². The fourth-order valence-corrected chi connectivity index (χ4v) is 3.26. The summed E-state index contributed by atoms with van der Waals surface area (Å²) in [6, 6.07) is 1.45. The maximum absolute atomic E-state index is 12.7. The van der Waals surface area contributed by atoms with Crippen molar-refractivity contribution in [1.82, 2.24) is 13.6 Å². The van der Waals surface area contributed by atoms with E-state index in [1.165, 1.54) is 13.2 Å². The van der Waals surface area contributed by atoms with Crippen molar-refractivity contribution in [2.45, 2.75) is 18.6 Å². The number of nitrogens with zero attached hydrogens (tertiary/aromatic N) is 4. The first kappa shape index (κ1) is 16.2. The van der Waals surface area contributed by atoms with Crippen LogP contribution in [0.4, 0.5) is 5.69 Å². The van der Waals surface area contributed by atoms with Gasteiger partial charge >= 0.3 is 5.97 Å². The van der Waals surface area contributed by atoms with E-state index < -0.39 is 28.9 Å². The average Bonchev–Trinajstić information content (AvgIpc) is 3.19. The number of benzene rings is 1. The Hall–Kier alpha value is -2.66. The Morgan fingerprint density at radius 1 is 1.46 bits per heavy atom. The van der Waals surface area contributed by atoms with E-state index in [4.69, 9.17) is 4.74 Å². The lowest BCUT2D eigenvalue weighted by atomic mass is 10.1. The summed E-state index contributed by atoms with van der Waals surface area (Å²) in [6.07, 6.45) is -0.227. The number of non-ortho nitro benzene ring substituents is 1. The monoisotopic (exact) mass is 352 g/mol. The molecule has 1 aliphatic rings. The van der Waals surface area contributed by atoms with Gasteiger partial charge in [0.2, 0.25) is 0 Å². The lowest BCUT2D eigenvalue weighted by molar-refractivity contribution is -0.383. The van der Waals surface area contributed by atoms with Gasteiger partial charge in [0.1, 0.15) is 11.6 Å². The van der Waals surface area contributed by atoms with E-state index >= 15 is 0 Å². The molecule has 1 fully saturated rings. The SMILES string of the molecule is COC1CC(C(=O)O)N(C(=O)c2cc([N+](=O)[O-])c3nsnc3c2)C1. The van der Waals surface area contributed by atoms with Gasteiger partial charge in [-0.05, 0) is 6.07 Å². The first-order valence-corrected chi connectivity index (χ1v) is 7.62. The molecule has 1 N–H and O–H groups in total. The number of aromatic nitrogens is 2. The van der Waals surface area contributed by atoms with E-state index in [1.54, 1.807) is 0 Å². The predicted molar refractivity (Wildman–Crippen MR) is 81.9 cm³/mol. The minimum atomic E-state index is -1.14. The maximum Gasteiger partial charge on any atom is 0.326 e. The van der Waals surface area contributed by atoms with Gasteiger partial charge in [0, 0.05) is 31.7 Å². The Bertz CT molecular complexity index is 837. The van der Waals surface area contributed by atoms with Crippen molar-refractivity contribution in [3.63, 3.8) is 0 Å². The summed E-state index contributed by atoms with van der Waals surface area (Å²) < 4.78 is 12.9. The van der Waals surface area contributed by atoms with Crippen molar-refractivity contribution in [2.24, 2.45) is 0 Å². The quantitative estimate of drug-likeness (QED) is 0.633. The minimum Gasteiger partial charge on any atom is -0.480 e. The number of nitro benzene ring substituents is 1.